The smallest absolute Gasteiger partial charge is 0.274 e. The van der Waals surface area contributed by atoms with E-state index in [1.165, 1.54) is 0 Å². The van der Waals surface area contributed by atoms with E-state index >= 15 is 0 Å². The van der Waals surface area contributed by atoms with Gasteiger partial charge in [0.1, 0.15) is 11.5 Å². The van der Waals surface area contributed by atoms with Crippen molar-refractivity contribution in [3.63, 3.8) is 0 Å². The summed E-state index contributed by atoms with van der Waals surface area (Å²) in [5.74, 6) is 0.986. The van der Waals surface area contributed by atoms with Crippen molar-refractivity contribution in [2.24, 2.45) is 0 Å². The molecule has 3 aliphatic rings. The lowest BCUT2D eigenvalue weighted by Gasteiger charge is -2.26. The van der Waals surface area contributed by atoms with Gasteiger partial charge in [0, 0.05) is 50.0 Å². The topological polar surface area (TPSA) is 95.8 Å². The Morgan fingerprint density at radius 1 is 1.11 bits per heavy atom. The molecule has 2 N–H and O–H groups in total. The molecule has 1 atom stereocenters. The quantitative estimate of drug-likeness (QED) is 0.541. The van der Waals surface area contributed by atoms with Crippen molar-refractivity contribution >= 4 is 28.3 Å². The molecular formula is C26H32N6O3. The predicted molar refractivity (Wildman–Crippen MR) is 134 cm³/mol. The Bertz CT molecular complexity index is 1220. The van der Waals surface area contributed by atoms with Gasteiger partial charge in [-0.25, -0.2) is 4.98 Å². The number of β-amino-alcohol motifs (C(OH)–C–C–N with tert-alkyl or cyclic N) is 1. The Labute approximate surface area is 204 Å². The molecule has 1 aromatic carbocycles. The number of nitrogens with zero attached hydrogens (tertiary/aromatic N) is 5. The zero-order valence-electron chi connectivity index (χ0n) is 19.9. The first-order valence-corrected chi connectivity index (χ1v) is 12.6. The van der Waals surface area contributed by atoms with Crippen molar-refractivity contribution in [3.05, 3.63) is 47.8 Å². The van der Waals surface area contributed by atoms with Crippen LogP contribution in [0.25, 0.3) is 10.9 Å². The van der Waals surface area contributed by atoms with Crippen LogP contribution < -0.4 is 10.2 Å². The van der Waals surface area contributed by atoms with Crippen molar-refractivity contribution in [1.29, 1.82) is 0 Å². The molecule has 2 aliphatic heterocycles. The van der Waals surface area contributed by atoms with E-state index in [0.29, 0.717) is 18.2 Å². The number of hydrogen-bond acceptors (Lipinski definition) is 7. The number of morpholine rings is 1. The summed E-state index contributed by atoms with van der Waals surface area (Å²) in [6.07, 6.45) is 4.73. The molecule has 3 aromatic rings. The van der Waals surface area contributed by atoms with Crippen LogP contribution in [0.1, 0.15) is 41.2 Å². The summed E-state index contributed by atoms with van der Waals surface area (Å²) in [6.45, 7) is 6.61. The SMILES string of the molecule is O=C(Nc1cc2cn(CCN3CCOCC3)nc2cc1C1CC1)c1cccc(N2CCC(O)C2)n1. The van der Waals surface area contributed by atoms with Crippen molar-refractivity contribution < 1.29 is 14.6 Å². The molecule has 9 heteroatoms. The number of carbonyl (C=O) groups excluding carboxylic acids is 1. The monoisotopic (exact) mass is 476 g/mol. The van der Waals surface area contributed by atoms with E-state index in [0.717, 1.165) is 93.2 Å². The molecule has 1 amide bonds. The number of benzene rings is 1. The minimum absolute atomic E-state index is 0.215. The maximum atomic E-state index is 13.2. The molecular weight excluding hydrogens is 444 g/mol. The molecule has 3 fully saturated rings. The highest BCUT2D eigenvalue weighted by Crippen LogP contribution is 2.44. The second-order valence-corrected chi connectivity index (χ2v) is 9.84. The van der Waals surface area contributed by atoms with Crippen LogP contribution in [0.15, 0.2) is 36.5 Å². The highest BCUT2D eigenvalue weighted by molar-refractivity contribution is 6.04. The van der Waals surface area contributed by atoms with Gasteiger partial charge in [0.05, 0.1) is 31.4 Å². The third-order valence-corrected chi connectivity index (χ3v) is 7.19. The van der Waals surface area contributed by atoms with Gasteiger partial charge >= 0.3 is 0 Å². The molecule has 4 heterocycles. The van der Waals surface area contributed by atoms with Crippen molar-refractivity contribution in [2.45, 2.75) is 37.8 Å². The Balaban J connectivity index is 1.20. The fourth-order valence-electron chi connectivity index (χ4n) is 5.02. The number of hydrogen-bond donors (Lipinski definition) is 2. The van der Waals surface area contributed by atoms with Gasteiger partial charge in [0.25, 0.3) is 5.91 Å². The van der Waals surface area contributed by atoms with E-state index < -0.39 is 0 Å². The van der Waals surface area contributed by atoms with Crippen LogP contribution in [0.3, 0.4) is 0 Å². The van der Waals surface area contributed by atoms with E-state index in [1.807, 2.05) is 21.7 Å². The number of fused-ring (bicyclic) bond motifs is 1. The predicted octanol–water partition coefficient (Wildman–Crippen LogP) is 2.46. The third kappa shape index (κ3) is 5.03. The molecule has 0 radical (unpaired) electrons. The summed E-state index contributed by atoms with van der Waals surface area (Å²) in [4.78, 5) is 22.2. The van der Waals surface area contributed by atoms with E-state index in [2.05, 4.69) is 33.5 Å². The molecule has 6 rings (SSSR count). The van der Waals surface area contributed by atoms with Gasteiger partial charge in [-0.05, 0) is 55.0 Å². The lowest BCUT2D eigenvalue weighted by molar-refractivity contribution is 0.0360. The van der Waals surface area contributed by atoms with Crippen molar-refractivity contribution in [3.8, 4) is 0 Å². The van der Waals surface area contributed by atoms with E-state index in [4.69, 9.17) is 9.84 Å². The van der Waals surface area contributed by atoms with Crippen LogP contribution in [-0.2, 0) is 11.3 Å². The van der Waals surface area contributed by atoms with Crippen LogP contribution in [0.5, 0.6) is 0 Å². The normalized spacial score (nSPS) is 21.1. The molecule has 2 aromatic heterocycles. The first kappa shape index (κ1) is 22.5. The summed E-state index contributed by atoms with van der Waals surface area (Å²) in [7, 11) is 0. The van der Waals surface area contributed by atoms with E-state index in [1.54, 1.807) is 6.07 Å². The van der Waals surface area contributed by atoms with E-state index in [-0.39, 0.29) is 12.0 Å². The van der Waals surface area contributed by atoms with Crippen molar-refractivity contribution in [2.75, 3.05) is 56.2 Å². The molecule has 1 saturated carbocycles. The summed E-state index contributed by atoms with van der Waals surface area (Å²) in [5, 5.41) is 18.8. The average molecular weight is 477 g/mol. The Morgan fingerprint density at radius 2 is 1.97 bits per heavy atom. The lowest BCUT2D eigenvalue weighted by atomic mass is 10.1. The first-order valence-electron chi connectivity index (χ1n) is 12.6. The first-order chi connectivity index (χ1) is 17.1. The van der Waals surface area contributed by atoms with Gasteiger partial charge in [-0.2, -0.15) is 5.10 Å². The Kier molecular flexibility index (Phi) is 6.13. The number of carbonyl (C=O) groups is 1. The van der Waals surface area contributed by atoms with Gasteiger partial charge in [0.15, 0.2) is 0 Å². The Morgan fingerprint density at radius 3 is 2.74 bits per heavy atom. The van der Waals surface area contributed by atoms with Crippen LogP contribution in [-0.4, -0.2) is 82.7 Å². The molecule has 184 valence electrons. The maximum Gasteiger partial charge on any atom is 0.274 e. The van der Waals surface area contributed by atoms with Crippen molar-refractivity contribution in [1.82, 2.24) is 19.7 Å². The molecule has 9 nitrogen and oxygen atoms in total. The van der Waals surface area contributed by atoms with Gasteiger partial charge < -0.3 is 20.1 Å². The number of anilines is 2. The standard InChI is InChI=1S/C26H32N6O3/c33-20-6-7-31(17-20)25-3-1-2-22(27-25)26(34)28-24-14-19-16-32(9-8-30-10-12-35-13-11-30)29-23(19)15-21(24)18-4-5-18/h1-3,14-16,18,20,33H,4-13,17H2,(H,28,34). The lowest BCUT2D eigenvalue weighted by Crippen LogP contribution is -2.38. The van der Waals surface area contributed by atoms with Gasteiger partial charge in [-0.3, -0.25) is 14.4 Å². The largest absolute Gasteiger partial charge is 0.391 e. The molecule has 0 spiro atoms. The average Bonchev–Trinajstić information content (AvgIpc) is 3.51. The number of rotatable bonds is 7. The van der Waals surface area contributed by atoms with Crippen LogP contribution >= 0.6 is 0 Å². The number of aliphatic hydroxyl groups excluding tert-OH is 1. The number of aromatic nitrogens is 3. The van der Waals surface area contributed by atoms with Gasteiger partial charge in [-0.1, -0.05) is 6.07 Å². The van der Waals surface area contributed by atoms with Crippen LogP contribution in [0.4, 0.5) is 11.5 Å². The number of amides is 1. The van der Waals surface area contributed by atoms with Gasteiger partial charge in [-0.15, -0.1) is 0 Å². The second-order valence-electron chi connectivity index (χ2n) is 9.84. The second kappa shape index (κ2) is 9.56. The number of nitrogens with one attached hydrogen (secondary N) is 1. The molecule has 0 bridgehead atoms. The zero-order valence-corrected chi connectivity index (χ0v) is 19.9. The molecule has 35 heavy (non-hydrogen) atoms. The minimum Gasteiger partial charge on any atom is -0.391 e. The minimum atomic E-state index is -0.336. The summed E-state index contributed by atoms with van der Waals surface area (Å²) >= 11 is 0. The fourth-order valence-corrected chi connectivity index (χ4v) is 5.02. The van der Waals surface area contributed by atoms with Crippen LogP contribution in [0.2, 0.25) is 0 Å². The summed E-state index contributed by atoms with van der Waals surface area (Å²) in [6, 6.07) is 9.68. The fraction of sp³-hybridized carbons (Fsp3) is 0.500. The zero-order chi connectivity index (χ0) is 23.8. The van der Waals surface area contributed by atoms with E-state index in [9.17, 15) is 9.90 Å². The Hall–Kier alpha value is -3.01. The highest BCUT2D eigenvalue weighted by atomic mass is 16.5. The highest BCUT2D eigenvalue weighted by Gasteiger charge is 2.28. The number of aliphatic hydroxyl groups is 1. The number of pyridine rings is 1. The molecule has 1 unspecified atom stereocenters. The summed E-state index contributed by atoms with van der Waals surface area (Å²) in [5.41, 5.74) is 3.36. The molecule has 2 saturated heterocycles. The number of ether oxygens (including phenoxy) is 1. The molecule has 1 aliphatic carbocycles. The summed E-state index contributed by atoms with van der Waals surface area (Å²) < 4.78 is 7.45. The van der Waals surface area contributed by atoms with Crippen LogP contribution in [0, 0.1) is 0 Å². The maximum absolute atomic E-state index is 13.2. The van der Waals surface area contributed by atoms with Gasteiger partial charge in [0.2, 0.25) is 0 Å². The third-order valence-electron chi connectivity index (χ3n) is 7.19.